The molecule has 0 spiro atoms. The average Bonchev–Trinajstić information content (AvgIpc) is 3.30. The number of rotatable bonds is 6. The number of carbonyl (C=O) groups is 1. The first-order chi connectivity index (χ1) is 13.6. The van der Waals surface area contributed by atoms with Crippen molar-refractivity contribution in [1.29, 1.82) is 0 Å². The maximum atomic E-state index is 12.6. The molecule has 0 radical (unpaired) electrons. The molecule has 1 aliphatic heterocycles. The minimum Gasteiger partial charge on any atom is -0.368 e. The van der Waals surface area contributed by atoms with Crippen LogP contribution in [0, 0.1) is 12.3 Å². The number of carbonyl (C=O) groups excluding carboxylic acids is 1. The first-order valence-electron chi connectivity index (χ1n) is 9.66. The Hall–Kier alpha value is -2.91. The lowest BCUT2D eigenvalue weighted by atomic mass is 10.1. The van der Waals surface area contributed by atoms with Crippen LogP contribution in [0.5, 0.6) is 0 Å². The largest absolute Gasteiger partial charge is 0.368 e. The van der Waals surface area contributed by atoms with Crippen LogP contribution in [0.2, 0.25) is 0 Å². The number of terminal acetylenes is 1. The molecule has 0 saturated carbocycles. The smallest absolute Gasteiger partial charge is 0.252 e. The fourth-order valence-corrected chi connectivity index (χ4v) is 3.85. The second-order valence-corrected chi connectivity index (χ2v) is 7.35. The highest BCUT2D eigenvalue weighted by Crippen LogP contribution is 2.26. The number of nitrogens with one attached hydrogen (secondary N) is 1. The molecular formula is C22H24N4O2. The van der Waals surface area contributed by atoms with E-state index in [0.717, 1.165) is 24.1 Å². The second kappa shape index (κ2) is 7.99. The molecule has 6 heteroatoms. The van der Waals surface area contributed by atoms with Gasteiger partial charge < -0.3 is 15.0 Å². The van der Waals surface area contributed by atoms with Crippen LogP contribution in [0.1, 0.15) is 35.7 Å². The van der Waals surface area contributed by atoms with Crippen LogP contribution in [0.15, 0.2) is 30.5 Å². The Bertz CT molecular complexity index is 896. The van der Waals surface area contributed by atoms with E-state index in [4.69, 9.17) is 11.2 Å². The molecule has 2 aromatic rings. The van der Waals surface area contributed by atoms with Gasteiger partial charge in [-0.05, 0) is 30.9 Å². The van der Waals surface area contributed by atoms with Gasteiger partial charge in [-0.3, -0.25) is 4.79 Å². The molecule has 1 atom stereocenters. The van der Waals surface area contributed by atoms with Gasteiger partial charge in [-0.2, -0.15) is 0 Å². The van der Waals surface area contributed by atoms with E-state index in [-0.39, 0.29) is 5.91 Å². The number of anilines is 1. The summed E-state index contributed by atoms with van der Waals surface area (Å²) in [5.74, 6) is 3.10. The van der Waals surface area contributed by atoms with Crippen LogP contribution in [0.25, 0.3) is 0 Å². The van der Waals surface area contributed by atoms with Gasteiger partial charge in [0, 0.05) is 30.8 Å². The van der Waals surface area contributed by atoms with Gasteiger partial charge in [0.15, 0.2) is 0 Å². The highest BCUT2D eigenvalue weighted by molar-refractivity contribution is 5.81. The van der Waals surface area contributed by atoms with Gasteiger partial charge >= 0.3 is 0 Å². The van der Waals surface area contributed by atoms with Crippen molar-refractivity contribution in [3.05, 3.63) is 52.8 Å². The van der Waals surface area contributed by atoms with Gasteiger partial charge in [0.1, 0.15) is 6.10 Å². The van der Waals surface area contributed by atoms with Gasteiger partial charge in [-0.25, -0.2) is 9.97 Å². The minimum absolute atomic E-state index is 0.0456. The average molecular weight is 376 g/mol. The molecule has 144 valence electrons. The maximum absolute atomic E-state index is 12.6. The van der Waals surface area contributed by atoms with Gasteiger partial charge in [-0.1, -0.05) is 24.3 Å². The topological polar surface area (TPSA) is 67.3 Å². The molecule has 0 fully saturated rings. The predicted octanol–water partition coefficient (Wildman–Crippen LogP) is 2.33. The number of fused-ring (bicyclic) bond motifs is 2. The summed E-state index contributed by atoms with van der Waals surface area (Å²) in [6, 6.07) is 8.82. The van der Waals surface area contributed by atoms with E-state index < -0.39 is 6.10 Å². The quantitative estimate of drug-likeness (QED) is 0.619. The lowest BCUT2D eigenvalue weighted by molar-refractivity contribution is -0.143. The van der Waals surface area contributed by atoms with Crippen molar-refractivity contribution in [1.82, 2.24) is 14.9 Å². The Morgan fingerprint density at radius 1 is 1.32 bits per heavy atom. The molecule has 1 amide bonds. The number of ether oxygens (including phenoxy) is 1. The number of benzene rings is 1. The van der Waals surface area contributed by atoms with Crippen molar-refractivity contribution in [3.8, 4) is 12.3 Å². The molecule has 4 rings (SSSR count). The lowest BCUT2D eigenvalue weighted by Gasteiger charge is -2.20. The summed E-state index contributed by atoms with van der Waals surface area (Å²) in [6.45, 7) is 3.16. The molecule has 0 saturated heterocycles. The summed E-state index contributed by atoms with van der Waals surface area (Å²) in [4.78, 5) is 23.5. The fourth-order valence-electron chi connectivity index (χ4n) is 3.85. The Morgan fingerprint density at radius 2 is 2.07 bits per heavy atom. The van der Waals surface area contributed by atoms with Crippen LogP contribution < -0.4 is 5.32 Å². The van der Waals surface area contributed by atoms with E-state index in [1.165, 1.54) is 11.1 Å². The molecule has 0 unspecified atom stereocenters. The molecule has 6 nitrogen and oxygen atoms in total. The van der Waals surface area contributed by atoms with Crippen molar-refractivity contribution >= 4 is 11.9 Å². The Labute approximate surface area is 165 Å². The van der Waals surface area contributed by atoms with E-state index in [0.29, 0.717) is 38.1 Å². The van der Waals surface area contributed by atoms with Crippen molar-refractivity contribution in [2.24, 2.45) is 0 Å². The monoisotopic (exact) mass is 376 g/mol. The fraction of sp³-hybridized carbons (Fsp3) is 0.409. The van der Waals surface area contributed by atoms with E-state index in [1.54, 1.807) is 11.8 Å². The second-order valence-electron chi connectivity index (χ2n) is 7.35. The van der Waals surface area contributed by atoms with E-state index in [1.807, 2.05) is 6.20 Å². The zero-order valence-electron chi connectivity index (χ0n) is 16.0. The summed E-state index contributed by atoms with van der Waals surface area (Å²) in [7, 11) is 0. The summed E-state index contributed by atoms with van der Waals surface area (Å²) >= 11 is 0. The number of amides is 1. The number of hydrogen-bond donors (Lipinski definition) is 1. The molecule has 2 heterocycles. The minimum atomic E-state index is -0.509. The molecular weight excluding hydrogens is 352 g/mol. The highest BCUT2D eigenvalue weighted by Gasteiger charge is 2.29. The van der Waals surface area contributed by atoms with Gasteiger partial charge in [0.25, 0.3) is 5.91 Å². The van der Waals surface area contributed by atoms with Crippen LogP contribution in [0.3, 0.4) is 0 Å². The molecule has 2 aliphatic rings. The molecule has 1 aromatic carbocycles. The summed E-state index contributed by atoms with van der Waals surface area (Å²) in [5, 5.41) is 3.45. The van der Waals surface area contributed by atoms with Crippen LogP contribution in [0.4, 0.5) is 5.95 Å². The van der Waals surface area contributed by atoms with Gasteiger partial charge in [-0.15, -0.1) is 12.3 Å². The first kappa shape index (κ1) is 18.5. The number of nitrogens with zero attached hydrogens (tertiary/aromatic N) is 3. The van der Waals surface area contributed by atoms with E-state index in [9.17, 15) is 4.79 Å². The Balaban J connectivity index is 1.36. The molecule has 1 N–H and O–H groups in total. The third-order valence-corrected chi connectivity index (χ3v) is 5.31. The SMILES string of the molecule is C#CCCO[C@H](C)C(=O)N1Cc2cnc(NC3Cc4ccccc4C3)nc2C1. The number of aromatic nitrogens is 2. The predicted molar refractivity (Wildman–Crippen MR) is 106 cm³/mol. The summed E-state index contributed by atoms with van der Waals surface area (Å²) < 4.78 is 5.52. The zero-order valence-corrected chi connectivity index (χ0v) is 16.0. The molecule has 0 bridgehead atoms. The van der Waals surface area contributed by atoms with Crippen molar-refractivity contribution in [2.75, 3.05) is 11.9 Å². The molecule has 1 aliphatic carbocycles. The zero-order chi connectivity index (χ0) is 19.5. The third kappa shape index (κ3) is 3.85. The van der Waals surface area contributed by atoms with Crippen LogP contribution >= 0.6 is 0 Å². The van der Waals surface area contributed by atoms with Crippen molar-refractivity contribution in [2.45, 2.75) is 51.4 Å². The standard InChI is InChI=1S/C22H24N4O2/c1-3-4-9-28-15(2)21(27)26-13-18-12-23-22(25-20(18)14-26)24-19-10-16-7-5-6-8-17(16)11-19/h1,5-8,12,15,19H,4,9-11,13-14H2,2H3,(H,23,24,25)/t15-/m1/s1. The third-order valence-electron chi connectivity index (χ3n) is 5.31. The Morgan fingerprint density at radius 3 is 2.79 bits per heavy atom. The van der Waals surface area contributed by atoms with Crippen LogP contribution in [-0.2, 0) is 35.5 Å². The summed E-state index contributed by atoms with van der Waals surface area (Å²) in [5.41, 5.74) is 4.66. The van der Waals surface area contributed by atoms with E-state index in [2.05, 4.69) is 45.5 Å². The van der Waals surface area contributed by atoms with Crippen LogP contribution in [-0.4, -0.2) is 39.5 Å². The van der Waals surface area contributed by atoms with E-state index >= 15 is 0 Å². The summed E-state index contributed by atoms with van der Waals surface area (Å²) in [6.07, 6.45) is 9.00. The maximum Gasteiger partial charge on any atom is 0.252 e. The van der Waals surface area contributed by atoms with Gasteiger partial charge in [0.05, 0.1) is 18.8 Å². The molecule has 1 aromatic heterocycles. The normalized spacial score (nSPS) is 16.4. The van der Waals surface area contributed by atoms with Gasteiger partial charge in [0.2, 0.25) is 5.95 Å². The molecule has 28 heavy (non-hydrogen) atoms. The highest BCUT2D eigenvalue weighted by atomic mass is 16.5. The first-order valence-corrected chi connectivity index (χ1v) is 9.66. The lowest BCUT2D eigenvalue weighted by Crippen LogP contribution is -2.35. The van der Waals surface area contributed by atoms with Crippen molar-refractivity contribution in [3.63, 3.8) is 0 Å². The van der Waals surface area contributed by atoms with Crippen molar-refractivity contribution < 1.29 is 9.53 Å². The Kier molecular flexibility index (Phi) is 5.27. The number of hydrogen-bond acceptors (Lipinski definition) is 5.